The van der Waals surface area contributed by atoms with Gasteiger partial charge in [0.15, 0.2) is 0 Å². The first-order chi connectivity index (χ1) is 13.7. The Balaban J connectivity index is 1.42. The van der Waals surface area contributed by atoms with Gasteiger partial charge in [-0.2, -0.15) is 5.10 Å². The molecule has 0 spiro atoms. The Hall–Kier alpha value is -3.49. The van der Waals surface area contributed by atoms with Gasteiger partial charge in [-0.3, -0.25) is 14.7 Å². The molecule has 4 heterocycles. The Morgan fingerprint density at radius 2 is 2.11 bits per heavy atom. The maximum absolute atomic E-state index is 13.2. The fourth-order valence-corrected chi connectivity index (χ4v) is 3.98. The van der Waals surface area contributed by atoms with E-state index in [2.05, 4.69) is 20.5 Å². The number of para-hydroxylation sites is 1. The van der Waals surface area contributed by atoms with Crippen molar-refractivity contribution in [3.05, 3.63) is 48.4 Å². The van der Waals surface area contributed by atoms with Gasteiger partial charge in [-0.05, 0) is 18.6 Å². The minimum Gasteiger partial charge on any atom is -0.336 e. The lowest BCUT2D eigenvalue weighted by molar-refractivity contribution is -0.130. The lowest BCUT2D eigenvalue weighted by Crippen LogP contribution is -2.53. The lowest BCUT2D eigenvalue weighted by Gasteiger charge is -2.37. The van der Waals surface area contributed by atoms with E-state index in [4.69, 9.17) is 0 Å². The quantitative estimate of drug-likeness (QED) is 0.737. The van der Waals surface area contributed by atoms with Crippen molar-refractivity contribution in [2.75, 3.05) is 19.6 Å². The number of benzene rings is 1. The molecule has 0 saturated carbocycles. The largest absolute Gasteiger partial charge is 0.336 e. The van der Waals surface area contributed by atoms with E-state index in [0.717, 1.165) is 12.0 Å². The molecule has 1 unspecified atom stereocenters. The molecule has 2 aliphatic heterocycles. The Bertz CT molecular complexity index is 1030. The van der Waals surface area contributed by atoms with Crippen LogP contribution in [-0.2, 0) is 4.79 Å². The summed E-state index contributed by atoms with van der Waals surface area (Å²) in [5, 5.41) is 15.1. The number of aromatic nitrogens is 5. The van der Waals surface area contributed by atoms with Crippen LogP contribution >= 0.6 is 0 Å². The second-order valence-electron chi connectivity index (χ2n) is 7.08. The molecule has 2 aromatic heterocycles. The van der Waals surface area contributed by atoms with Gasteiger partial charge in [-0.15, -0.1) is 5.10 Å². The number of amides is 2. The normalized spacial score (nSPS) is 19.1. The first-order valence-corrected chi connectivity index (χ1v) is 9.30. The predicted molar refractivity (Wildman–Crippen MR) is 99.6 cm³/mol. The highest BCUT2D eigenvalue weighted by atomic mass is 16.2. The molecule has 142 valence electrons. The number of hydrogen-bond acceptors (Lipinski definition) is 5. The molecule has 2 amide bonds. The van der Waals surface area contributed by atoms with Gasteiger partial charge in [0.2, 0.25) is 5.91 Å². The fraction of sp³-hybridized carbons (Fsp3) is 0.316. The second kappa shape index (κ2) is 6.59. The van der Waals surface area contributed by atoms with Crippen LogP contribution in [-0.4, -0.2) is 72.5 Å². The van der Waals surface area contributed by atoms with E-state index in [0.29, 0.717) is 43.0 Å². The molecular formula is C19H19N7O2. The molecule has 1 atom stereocenters. The third kappa shape index (κ3) is 2.75. The van der Waals surface area contributed by atoms with Crippen LogP contribution in [0.25, 0.3) is 16.9 Å². The molecule has 0 aliphatic carbocycles. The molecule has 0 bridgehead atoms. The minimum atomic E-state index is -0.0463. The molecule has 9 nitrogen and oxygen atoms in total. The number of H-pyrrole nitrogens is 1. The summed E-state index contributed by atoms with van der Waals surface area (Å²) < 4.78 is 1.62. The van der Waals surface area contributed by atoms with Crippen molar-refractivity contribution in [3.8, 4) is 16.9 Å². The van der Waals surface area contributed by atoms with E-state index >= 15 is 0 Å². The molecule has 2 saturated heterocycles. The summed E-state index contributed by atoms with van der Waals surface area (Å²) in [5.41, 5.74) is 2.76. The molecule has 28 heavy (non-hydrogen) atoms. The summed E-state index contributed by atoms with van der Waals surface area (Å²) in [4.78, 5) is 28.9. The number of nitrogens with zero attached hydrogens (tertiary/aromatic N) is 6. The maximum Gasteiger partial charge on any atom is 0.256 e. The lowest BCUT2D eigenvalue weighted by atomic mass is 10.1. The Labute approximate surface area is 160 Å². The summed E-state index contributed by atoms with van der Waals surface area (Å²) in [6.45, 7) is 1.73. The summed E-state index contributed by atoms with van der Waals surface area (Å²) in [6, 6.07) is 7.52. The van der Waals surface area contributed by atoms with Crippen molar-refractivity contribution < 1.29 is 9.59 Å². The molecule has 3 aromatic rings. The predicted octanol–water partition coefficient (Wildman–Crippen LogP) is 1.10. The van der Waals surface area contributed by atoms with E-state index in [9.17, 15) is 9.59 Å². The molecule has 0 radical (unpaired) electrons. The third-order valence-electron chi connectivity index (χ3n) is 5.45. The smallest absolute Gasteiger partial charge is 0.256 e. The van der Waals surface area contributed by atoms with Crippen LogP contribution in [0.2, 0.25) is 0 Å². The summed E-state index contributed by atoms with van der Waals surface area (Å²) in [5.74, 6) is 0.154. The van der Waals surface area contributed by atoms with Gasteiger partial charge >= 0.3 is 0 Å². The zero-order chi connectivity index (χ0) is 19.1. The Kier molecular flexibility index (Phi) is 3.92. The van der Waals surface area contributed by atoms with Crippen LogP contribution in [0, 0.1) is 0 Å². The monoisotopic (exact) mass is 377 g/mol. The standard InChI is InChI=1S/C19H19N7O2/c27-18-6-5-14-11-24(7-8-25(14)18)19(28)15-3-1-2-4-17(15)26-12-16(22-23-26)13-9-20-21-10-13/h1-4,9-10,12,14H,5-8,11H2,(H,20,21). The number of carbonyl (C=O) groups excluding carboxylic acids is 2. The van der Waals surface area contributed by atoms with Crippen LogP contribution in [0.3, 0.4) is 0 Å². The molecule has 5 rings (SSSR count). The van der Waals surface area contributed by atoms with E-state index in [1.807, 2.05) is 34.1 Å². The van der Waals surface area contributed by atoms with Crippen LogP contribution < -0.4 is 0 Å². The summed E-state index contributed by atoms with van der Waals surface area (Å²) in [7, 11) is 0. The van der Waals surface area contributed by atoms with Crippen LogP contribution in [0.1, 0.15) is 23.2 Å². The molecular weight excluding hydrogens is 358 g/mol. The minimum absolute atomic E-state index is 0.0463. The number of fused-ring (bicyclic) bond motifs is 1. The second-order valence-corrected chi connectivity index (χ2v) is 7.08. The van der Waals surface area contributed by atoms with Gasteiger partial charge in [0.1, 0.15) is 5.69 Å². The van der Waals surface area contributed by atoms with Crippen LogP contribution in [0.4, 0.5) is 0 Å². The molecule has 9 heteroatoms. The van der Waals surface area contributed by atoms with Gasteiger partial charge in [0.25, 0.3) is 5.91 Å². The first kappa shape index (κ1) is 16.7. The van der Waals surface area contributed by atoms with Crippen molar-refractivity contribution in [2.24, 2.45) is 0 Å². The van der Waals surface area contributed by atoms with Gasteiger partial charge in [0.05, 0.1) is 23.6 Å². The van der Waals surface area contributed by atoms with E-state index in [1.165, 1.54) is 0 Å². The van der Waals surface area contributed by atoms with Gasteiger partial charge in [-0.1, -0.05) is 17.3 Å². The maximum atomic E-state index is 13.2. The van der Waals surface area contributed by atoms with Gasteiger partial charge in [0, 0.05) is 43.9 Å². The first-order valence-electron chi connectivity index (χ1n) is 9.30. The van der Waals surface area contributed by atoms with E-state index in [-0.39, 0.29) is 17.9 Å². The zero-order valence-corrected chi connectivity index (χ0v) is 15.2. The van der Waals surface area contributed by atoms with Crippen molar-refractivity contribution >= 4 is 11.8 Å². The highest BCUT2D eigenvalue weighted by Crippen LogP contribution is 2.25. The number of hydrogen-bond donors (Lipinski definition) is 1. The molecule has 1 N–H and O–H groups in total. The third-order valence-corrected chi connectivity index (χ3v) is 5.45. The molecule has 1 aromatic carbocycles. The van der Waals surface area contributed by atoms with Crippen molar-refractivity contribution in [2.45, 2.75) is 18.9 Å². The SMILES string of the molecule is O=C(c1ccccc1-n1cc(-c2cn[nH]c2)nn1)N1CCN2C(=O)CCC2C1. The topological polar surface area (TPSA) is 100 Å². The van der Waals surface area contributed by atoms with E-state index < -0.39 is 0 Å². The van der Waals surface area contributed by atoms with Crippen LogP contribution in [0.15, 0.2) is 42.9 Å². The Morgan fingerprint density at radius 1 is 1.21 bits per heavy atom. The van der Waals surface area contributed by atoms with Crippen molar-refractivity contribution in [1.82, 2.24) is 35.0 Å². The number of rotatable bonds is 3. The average Bonchev–Trinajstić information content (AvgIpc) is 3.48. The summed E-state index contributed by atoms with van der Waals surface area (Å²) in [6.07, 6.45) is 6.60. The van der Waals surface area contributed by atoms with Gasteiger partial charge < -0.3 is 9.80 Å². The van der Waals surface area contributed by atoms with Crippen molar-refractivity contribution in [1.29, 1.82) is 0 Å². The number of aromatic amines is 1. The van der Waals surface area contributed by atoms with Crippen LogP contribution in [0.5, 0.6) is 0 Å². The number of carbonyl (C=O) groups is 2. The highest BCUT2D eigenvalue weighted by molar-refractivity contribution is 5.98. The highest BCUT2D eigenvalue weighted by Gasteiger charge is 2.37. The molecule has 2 fully saturated rings. The van der Waals surface area contributed by atoms with E-state index in [1.54, 1.807) is 23.3 Å². The fourth-order valence-electron chi connectivity index (χ4n) is 3.98. The molecule has 2 aliphatic rings. The van der Waals surface area contributed by atoms with Crippen molar-refractivity contribution in [3.63, 3.8) is 0 Å². The number of piperazine rings is 1. The Morgan fingerprint density at radius 3 is 2.96 bits per heavy atom. The average molecular weight is 377 g/mol. The summed E-state index contributed by atoms with van der Waals surface area (Å²) >= 11 is 0. The van der Waals surface area contributed by atoms with Gasteiger partial charge in [-0.25, -0.2) is 4.68 Å². The zero-order valence-electron chi connectivity index (χ0n) is 15.2. The number of nitrogens with one attached hydrogen (secondary N) is 1.